The van der Waals surface area contributed by atoms with E-state index in [1.807, 2.05) is 12.4 Å². The summed E-state index contributed by atoms with van der Waals surface area (Å²) in [6.07, 6.45) is 3.86. The van der Waals surface area contributed by atoms with E-state index in [0.717, 1.165) is 61.6 Å². The minimum atomic E-state index is 0.779. The zero-order valence-corrected chi connectivity index (χ0v) is 29.3. The molecule has 4 heteroatoms. The first-order chi connectivity index (χ1) is 26.8. The van der Waals surface area contributed by atoms with E-state index in [-0.39, 0.29) is 0 Å². The van der Waals surface area contributed by atoms with Crippen LogP contribution in [-0.4, -0.2) is 19.1 Å². The van der Waals surface area contributed by atoms with Gasteiger partial charge in [0.05, 0.1) is 40.2 Å². The highest BCUT2D eigenvalue weighted by atomic mass is 15.1. The van der Waals surface area contributed by atoms with Gasteiger partial charge in [0.15, 0.2) is 5.82 Å². The molecule has 0 spiro atoms. The van der Waals surface area contributed by atoms with Gasteiger partial charge in [-0.3, -0.25) is 9.55 Å². The number of benzene rings is 8. The van der Waals surface area contributed by atoms with Crippen molar-refractivity contribution in [2.24, 2.45) is 0 Å². The summed E-state index contributed by atoms with van der Waals surface area (Å²) in [6.45, 7) is 0. The summed E-state index contributed by atoms with van der Waals surface area (Å²) in [4.78, 5) is 10.3. The third-order valence-corrected chi connectivity index (χ3v) is 10.8. The van der Waals surface area contributed by atoms with Crippen molar-refractivity contribution < 1.29 is 0 Å². The molecule has 0 aliphatic heterocycles. The third-order valence-electron chi connectivity index (χ3n) is 10.8. The van der Waals surface area contributed by atoms with Gasteiger partial charge in [0.2, 0.25) is 0 Å². The zero-order chi connectivity index (χ0) is 35.6. The second kappa shape index (κ2) is 12.1. The van der Waals surface area contributed by atoms with Crippen LogP contribution in [0.5, 0.6) is 0 Å². The fourth-order valence-electron chi connectivity index (χ4n) is 8.36. The SMILES string of the molecule is c1ccc(-c2cc(-c3ccccc3)cc(-c3cnc(-n4c5ccccc5c5ccc6c(c7ccc8ccccc8c7n6-c6ccccc6)c54)cn3)c2)cc1. The number of hydrogen-bond acceptors (Lipinski definition) is 2. The molecule has 0 atom stereocenters. The van der Waals surface area contributed by atoms with Gasteiger partial charge in [-0.25, -0.2) is 4.98 Å². The predicted molar refractivity (Wildman–Crippen MR) is 225 cm³/mol. The maximum absolute atomic E-state index is 5.20. The second-order valence-corrected chi connectivity index (χ2v) is 13.9. The quantitative estimate of drug-likeness (QED) is 0.180. The predicted octanol–water partition coefficient (Wildman–Crippen LogP) is 12.8. The Labute approximate surface area is 311 Å². The summed E-state index contributed by atoms with van der Waals surface area (Å²) in [6, 6.07) is 64.9. The Bertz CT molecular complexity index is 3120. The van der Waals surface area contributed by atoms with E-state index in [4.69, 9.17) is 9.97 Å². The lowest BCUT2D eigenvalue weighted by Crippen LogP contribution is -2.00. The summed E-state index contributed by atoms with van der Waals surface area (Å²) in [5.41, 5.74) is 12.2. The summed E-state index contributed by atoms with van der Waals surface area (Å²) in [5.74, 6) is 0.779. The van der Waals surface area contributed by atoms with Crippen LogP contribution in [0.25, 0.3) is 99.4 Å². The molecule has 0 aliphatic rings. The summed E-state index contributed by atoms with van der Waals surface area (Å²) < 4.78 is 4.73. The molecule has 3 aromatic heterocycles. The minimum absolute atomic E-state index is 0.779. The van der Waals surface area contributed by atoms with Gasteiger partial charge in [0.1, 0.15) is 0 Å². The van der Waals surface area contributed by atoms with Gasteiger partial charge in [-0.05, 0) is 70.1 Å². The Balaban J connectivity index is 1.16. The highest BCUT2D eigenvalue weighted by molar-refractivity contribution is 6.29. The lowest BCUT2D eigenvalue weighted by molar-refractivity contribution is 1.05. The van der Waals surface area contributed by atoms with Gasteiger partial charge < -0.3 is 4.57 Å². The highest BCUT2D eigenvalue weighted by Crippen LogP contribution is 2.43. The average Bonchev–Trinajstić information content (AvgIpc) is 3.78. The summed E-state index contributed by atoms with van der Waals surface area (Å²) in [7, 11) is 0. The number of aromatic nitrogens is 4. The van der Waals surface area contributed by atoms with E-state index >= 15 is 0 Å². The molecule has 3 heterocycles. The van der Waals surface area contributed by atoms with E-state index in [1.54, 1.807) is 0 Å². The highest BCUT2D eigenvalue weighted by Gasteiger charge is 2.22. The van der Waals surface area contributed by atoms with Gasteiger partial charge >= 0.3 is 0 Å². The van der Waals surface area contributed by atoms with Crippen molar-refractivity contribution in [3.63, 3.8) is 0 Å². The third kappa shape index (κ3) is 4.70. The van der Waals surface area contributed by atoms with Gasteiger partial charge in [0.25, 0.3) is 0 Å². The Morgan fingerprint density at radius 3 is 1.67 bits per heavy atom. The first-order valence-electron chi connectivity index (χ1n) is 18.3. The summed E-state index contributed by atoms with van der Waals surface area (Å²) >= 11 is 0. The minimum Gasteiger partial charge on any atom is -0.309 e. The number of hydrogen-bond donors (Lipinski definition) is 0. The Morgan fingerprint density at radius 2 is 0.963 bits per heavy atom. The topological polar surface area (TPSA) is 35.6 Å². The zero-order valence-electron chi connectivity index (χ0n) is 29.3. The van der Waals surface area contributed by atoms with Gasteiger partial charge in [0, 0.05) is 38.2 Å². The monoisotopic (exact) mass is 688 g/mol. The molecule has 54 heavy (non-hydrogen) atoms. The Morgan fingerprint density at radius 1 is 0.352 bits per heavy atom. The van der Waals surface area contributed by atoms with Crippen LogP contribution in [0.2, 0.25) is 0 Å². The van der Waals surface area contributed by atoms with Crippen LogP contribution in [-0.2, 0) is 0 Å². The molecule has 0 unspecified atom stereocenters. The van der Waals surface area contributed by atoms with Crippen LogP contribution >= 0.6 is 0 Å². The molecule has 0 radical (unpaired) electrons. The second-order valence-electron chi connectivity index (χ2n) is 13.9. The number of fused-ring (bicyclic) bond motifs is 9. The van der Waals surface area contributed by atoms with Gasteiger partial charge in [-0.2, -0.15) is 0 Å². The first-order valence-corrected chi connectivity index (χ1v) is 18.3. The van der Waals surface area contributed by atoms with Crippen molar-refractivity contribution in [1.82, 2.24) is 19.1 Å². The molecule has 4 nitrogen and oxygen atoms in total. The van der Waals surface area contributed by atoms with Crippen molar-refractivity contribution in [3.8, 4) is 45.0 Å². The van der Waals surface area contributed by atoms with E-state index in [9.17, 15) is 0 Å². The first kappa shape index (κ1) is 30.3. The molecule has 0 bridgehead atoms. The Kier molecular flexibility index (Phi) is 6.82. The molecule has 0 saturated heterocycles. The summed E-state index contributed by atoms with van der Waals surface area (Å²) in [5, 5.41) is 7.22. The molecule has 0 fully saturated rings. The van der Waals surface area contributed by atoms with Crippen molar-refractivity contribution in [2.75, 3.05) is 0 Å². The van der Waals surface area contributed by atoms with E-state index in [2.05, 4.69) is 191 Å². The van der Waals surface area contributed by atoms with Crippen LogP contribution in [0.4, 0.5) is 0 Å². The molecular weight excluding hydrogens is 657 g/mol. The number of rotatable bonds is 5. The van der Waals surface area contributed by atoms with Crippen LogP contribution in [0.1, 0.15) is 0 Å². The molecule has 252 valence electrons. The molecule has 8 aromatic carbocycles. The van der Waals surface area contributed by atoms with Crippen molar-refractivity contribution in [3.05, 3.63) is 194 Å². The largest absolute Gasteiger partial charge is 0.309 e. The molecule has 0 saturated carbocycles. The fourth-order valence-corrected chi connectivity index (χ4v) is 8.36. The van der Waals surface area contributed by atoms with Crippen LogP contribution in [0.3, 0.4) is 0 Å². The molecule has 0 amide bonds. The van der Waals surface area contributed by atoms with E-state index < -0.39 is 0 Å². The normalized spacial score (nSPS) is 11.7. The molecule has 11 aromatic rings. The van der Waals surface area contributed by atoms with Crippen molar-refractivity contribution in [2.45, 2.75) is 0 Å². The molecule has 0 aliphatic carbocycles. The van der Waals surface area contributed by atoms with Gasteiger partial charge in [-0.1, -0.05) is 140 Å². The van der Waals surface area contributed by atoms with Crippen molar-refractivity contribution >= 4 is 54.4 Å². The standard InChI is InChI=1S/C50H32N4/c1-4-14-33(15-5-1)36-28-37(34-16-6-2-7-17-34)30-38(29-36)44-31-52-47(32-51-44)54-45-23-13-12-22-41(45)42-26-27-46-48(50(42)54)43-25-24-35-18-10-11-21-40(35)49(43)53(46)39-19-8-3-9-20-39/h1-32H. The average molecular weight is 689 g/mol. The Hall–Kier alpha value is -7.30. The fraction of sp³-hybridized carbons (Fsp3) is 0. The maximum atomic E-state index is 5.20. The number of para-hydroxylation sites is 2. The van der Waals surface area contributed by atoms with Crippen LogP contribution < -0.4 is 0 Å². The smallest absolute Gasteiger partial charge is 0.156 e. The van der Waals surface area contributed by atoms with Crippen LogP contribution in [0, 0.1) is 0 Å². The van der Waals surface area contributed by atoms with E-state index in [1.165, 1.54) is 37.8 Å². The lowest BCUT2D eigenvalue weighted by atomic mass is 9.95. The molecular formula is C50H32N4. The van der Waals surface area contributed by atoms with E-state index in [0.29, 0.717) is 0 Å². The lowest BCUT2D eigenvalue weighted by Gasteiger charge is -2.12. The van der Waals surface area contributed by atoms with Crippen molar-refractivity contribution in [1.29, 1.82) is 0 Å². The maximum Gasteiger partial charge on any atom is 0.156 e. The molecule has 11 rings (SSSR count). The molecule has 0 N–H and O–H groups in total. The van der Waals surface area contributed by atoms with Gasteiger partial charge in [-0.15, -0.1) is 0 Å². The van der Waals surface area contributed by atoms with Crippen LogP contribution in [0.15, 0.2) is 194 Å². The number of nitrogens with zero attached hydrogens (tertiary/aromatic N) is 4.